The summed E-state index contributed by atoms with van der Waals surface area (Å²) >= 11 is 0. The fraction of sp³-hybridized carbons (Fsp3) is 0.105. The molecule has 0 spiro atoms. The highest BCUT2D eigenvalue weighted by Gasteiger charge is 2.13. The van der Waals surface area contributed by atoms with Gasteiger partial charge in [0, 0.05) is 17.4 Å². The van der Waals surface area contributed by atoms with Crippen LogP contribution >= 0.6 is 0 Å². The van der Waals surface area contributed by atoms with E-state index in [2.05, 4.69) is 15.3 Å². The van der Waals surface area contributed by atoms with E-state index >= 15 is 0 Å². The summed E-state index contributed by atoms with van der Waals surface area (Å²) in [7, 11) is 0. The second-order valence-corrected chi connectivity index (χ2v) is 5.98. The van der Waals surface area contributed by atoms with E-state index in [1.165, 1.54) is 23.0 Å². The number of halogens is 1. The summed E-state index contributed by atoms with van der Waals surface area (Å²) in [4.78, 5) is 31.9. The quantitative estimate of drug-likeness (QED) is 0.593. The van der Waals surface area contributed by atoms with E-state index in [1.807, 2.05) is 30.3 Å². The van der Waals surface area contributed by atoms with E-state index in [9.17, 15) is 14.0 Å². The summed E-state index contributed by atoms with van der Waals surface area (Å²) in [5, 5.41) is 3.31. The van der Waals surface area contributed by atoms with Crippen LogP contribution in [0.25, 0.3) is 21.9 Å². The minimum absolute atomic E-state index is 0.141. The maximum Gasteiger partial charge on any atom is 0.278 e. The number of carbonyl (C=O) groups is 1. The van der Waals surface area contributed by atoms with Crippen LogP contribution in [0.1, 0.15) is 5.56 Å². The Hall–Kier alpha value is -3.48. The van der Waals surface area contributed by atoms with Crippen molar-refractivity contribution in [3.05, 3.63) is 76.6 Å². The lowest BCUT2D eigenvalue weighted by Crippen LogP contribution is -2.32. The Bertz CT molecular complexity index is 1160. The maximum absolute atomic E-state index is 13.4. The van der Waals surface area contributed by atoms with Crippen molar-refractivity contribution in [3.63, 3.8) is 0 Å². The molecule has 4 rings (SSSR count). The Kier molecular flexibility index (Phi) is 3.96. The number of nitrogens with one attached hydrogen (secondary N) is 2. The zero-order valence-corrected chi connectivity index (χ0v) is 13.7. The lowest BCUT2D eigenvalue weighted by atomic mass is 10.2. The van der Waals surface area contributed by atoms with Crippen LogP contribution in [0.15, 0.2) is 59.7 Å². The first kappa shape index (κ1) is 16.0. The van der Waals surface area contributed by atoms with Gasteiger partial charge in [-0.05, 0) is 23.8 Å². The number of aromatic nitrogens is 3. The van der Waals surface area contributed by atoms with Gasteiger partial charge in [-0.3, -0.25) is 14.2 Å². The van der Waals surface area contributed by atoms with Crippen molar-refractivity contribution in [3.8, 4) is 0 Å². The van der Waals surface area contributed by atoms with Crippen molar-refractivity contribution < 1.29 is 9.18 Å². The Balaban J connectivity index is 1.59. The largest absolute Gasteiger partial charge is 0.350 e. The molecule has 4 aromatic rings. The van der Waals surface area contributed by atoms with Crippen molar-refractivity contribution in [2.45, 2.75) is 13.1 Å². The number of hydrogen-bond acceptors (Lipinski definition) is 3. The van der Waals surface area contributed by atoms with E-state index in [0.717, 1.165) is 5.56 Å². The van der Waals surface area contributed by atoms with Crippen LogP contribution in [0.4, 0.5) is 4.39 Å². The summed E-state index contributed by atoms with van der Waals surface area (Å²) < 4.78 is 14.7. The number of aromatic amines is 1. The predicted octanol–water partition coefficient (Wildman–Crippen LogP) is 2.33. The topological polar surface area (TPSA) is 79.8 Å². The number of rotatable bonds is 4. The van der Waals surface area contributed by atoms with Crippen molar-refractivity contribution in [2.75, 3.05) is 0 Å². The molecule has 2 aromatic heterocycles. The third kappa shape index (κ3) is 2.95. The number of fused-ring (bicyclic) bond motifs is 3. The summed E-state index contributed by atoms with van der Waals surface area (Å²) in [6.45, 7) is 0.244. The molecule has 0 saturated carbocycles. The van der Waals surface area contributed by atoms with Crippen LogP contribution < -0.4 is 10.9 Å². The highest BCUT2D eigenvalue weighted by molar-refractivity contribution is 6.04. The lowest BCUT2D eigenvalue weighted by molar-refractivity contribution is -0.121. The molecule has 1 amide bonds. The molecule has 6 nitrogen and oxygen atoms in total. The zero-order valence-electron chi connectivity index (χ0n) is 13.7. The maximum atomic E-state index is 13.4. The first-order valence-electron chi connectivity index (χ1n) is 8.09. The summed E-state index contributed by atoms with van der Waals surface area (Å²) in [5.41, 5.74) is 1.87. The summed E-state index contributed by atoms with van der Waals surface area (Å²) in [6, 6.07) is 13.7. The normalized spacial score (nSPS) is 11.1. The van der Waals surface area contributed by atoms with E-state index in [4.69, 9.17) is 0 Å². The number of hydrogen-bond donors (Lipinski definition) is 2. The summed E-state index contributed by atoms with van der Waals surface area (Å²) in [6.07, 6.45) is 1.31. The molecule has 0 fully saturated rings. The second-order valence-electron chi connectivity index (χ2n) is 5.98. The third-order valence-electron chi connectivity index (χ3n) is 4.18. The van der Waals surface area contributed by atoms with Crippen molar-refractivity contribution >= 4 is 27.8 Å². The van der Waals surface area contributed by atoms with Crippen molar-refractivity contribution in [1.29, 1.82) is 0 Å². The van der Waals surface area contributed by atoms with Crippen LogP contribution in [0.5, 0.6) is 0 Å². The van der Waals surface area contributed by atoms with Gasteiger partial charge in [-0.2, -0.15) is 0 Å². The molecular weight excluding hydrogens is 335 g/mol. The lowest BCUT2D eigenvalue weighted by Gasteiger charge is -2.07. The average molecular weight is 350 g/mol. The van der Waals surface area contributed by atoms with Gasteiger partial charge >= 0.3 is 0 Å². The van der Waals surface area contributed by atoms with Crippen molar-refractivity contribution in [2.24, 2.45) is 0 Å². The molecule has 2 N–H and O–H groups in total. The van der Waals surface area contributed by atoms with E-state index < -0.39 is 5.82 Å². The molecule has 0 atom stereocenters. The Labute approximate surface area is 147 Å². The van der Waals surface area contributed by atoms with Crippen LogP contribution in [0.3, 0.4) is 0 Å². The molecule has 0 unspecified atom stereocenters. The van der Waals surface area contributed by atoms with Crippen LogP contribution in [-0.2, 0) is 17.9 Å². The SMILES string of the molecule is O=C(Cn1cnc2c([nH]c3ccc(F)cc32)c1=O)NCc1ccccc1. The molecule has 0 aliphatic rings. The molecule has 2 heterocycles. The van der Waals surface area contributed by atoms with Gasteiger partial charge in [0.25, 0.3) is 5.56 Å². The standard InChI is InChI=1S/C19H15FN4O2/c20-13-6-7-15-14(8-13)17-18(23-15)19(26)24(11-22-17)10-16(25)21-9-12-4-2-1-3-5-12/h1-8,11,23H,9-10H2,(H,21,25). The van der Waals surface area contributed by atoms with Crippen LogP contribution in [0.2, 0.25) is 0 Å². The van der Waals surface area contributed by atoms with Crippen LogP contribution in [0, 0.1) is 5.82 Å². The number of H-pyrrole nitrogens is 1. The van der Waals surface area contributed by atoms with Gasteiger partial charge in [-0.15, -0.1) is 0 Å². The smallest absolute Gasteiger partial charge is 0.278 e. The van der Waals surface area contributed by atoms with E-state index in [-0.39, 0.29) is 23.5 Å². The molecule has 0 saturated heterocycles. The van der Waals surface area contributed by atoms with Crippen LogP contribution in [-0.4, -0.2) is 20.4 Å². The first-order chi connectivity index (χ1) is 12.6. The second kappa shape index (κ2) is 6.44. The summed E-state index contributed by atoms with van der Waals surface area (Å²) in [5.74, 6) is -0.691. The molecule has 7 heteroatoms. The van der Waals surface area contributed by atoms with Crippen molar-refractivity contribution in [1.82, 2.24) is 19.9 Å². The molecule has 130 valence electrons. The molecule has 0 aliphatic heterocycles. The molecule has 2 aromatic carbocycles. The predicted molar refractivity (Wildman–Crippen MR) is 96.1 cm³/mol. The molecule has 0 bridgehead atoms. The Morgan fingerprint density at radius 3 is 2.81 bits per heavy atom. The number of carbonyl (C=O) groups excluding carboxylic acids is 1. The minimum Gasteiger partial charge on any atom is -0.350 e. The molecule has 0 aliphatic carbocycles. The van der Waals surface area contributed by atoms with Gasteiger partial charge in [0.05, 0.1) is 6.33 Å². The molecule has 26 heavy (non-hydrogen) atoms. The van der Waals surface area contributed by atoms with Gasteiger partial charge < -0.3 is 10.3 Å². The highest BCUT2D eigenvalue weighted by atomic mass is 19.1. The van der Waals surface area contributed by atoms with Gasteiger partial charge in [0.1, 0.15) is 23.4 Å². The first-order valence-corrected chi connectivity index (χ1v) is 8.09. The van der Waals surface area contributed by atoms with Gasteiger partial charge in [-0.1, -0.05) is 30.3 Å². The highest BCUT2D eigenvalue weighted by Crippen LogP contribution is 2.21. The monoisotopic (exact) mass is 350 g/mol. The fourth-order valence-electron chi connectivity index (χ4n) is 2.88. The van der Waals surface area contributed by atoms with Gasteiger partial charge in [-0.25, -0.2) is 9.37 Å². The Morgan fingerprint density at radius 2 is 2.00 bits per heavy atom. The Morgan fingerprint density at radius 1 is 1.19 bits per heavy atom. The zero-order chi connectivity index (χ0) is 18.1. The van der Waals surface area contributed by atoms with Gasteiger partial charge in [0.15, 0.2) is 0 Å². The van der Waals surface area contributed by atoms with E-state index in [1.54, 1.807) is 6.07 Å². The number of nitrogens with zero attached hydrogens (tertiary/aromatic N) is 2. The minimum atomic E-state index is -0.398. The number of amides is 1. The van der Waals surface area contributed by atoms with Gasteiger partial charge in [0.2, 0.25) is 5.91 Å². The third-order valence-corrected chi connectivity index (χ3v) is 4.18. The average Bonchev–Trinajstić information content (AvgIpc) is 3.02. The molecular formula is C19H15FN4O2. The molecule has 0 radical (unpaired) electrons. The van der Waals surface area contributed by atoms with E-state index in [0.29, 0.717) is 23.0 Å². The number of benzene rings is 2. The fourth-order valence-corrected chi connectivity index (χ4v) is 2.88.